The zero-order valence-electron chi connectivity index (χ0n) is 9.61. The molecule has 4 nitrogen and oxygen atoms in total. The molecule has 0 saturated carbocycles. The van der Waals surface area contributed by atoms with Gasteiger partial charge in [0.1, 0.15) is 0 Å². The molecular formula is C11H21N3O. The molecule has 1 aromatic rings. The van der Waals surface area contributed by atoms with Gasteiger partial charge in [0.05, 0.1) is 12.0 Å². The first-order valence-corrected chi connectivity index (χ1v) is 5.61. The highest BCUT2D eigenvalue weighted by atomic mass is 16.2. The number of nitrogens with one attached hydrogen (secondary N) is 1. The topological polar surface area (TPSA) is 50.1 Å². The van der Waals surface area contributed by atoms with Gasteiger partial charge in [0, 0.05) is 31.9 Å². The van der Waals surface area contributed by atoms with Crippen LogP contribution >= 0.6 is 0 Å². The lowest BCUT2D eigenvalue weighted by Gasteiger charge is -2.13. The summed E-state index contributed by atoms with van der Waals surface area (Å²) in [7, 11) is 0. The van der Waals surface area contributed by atoms with Crippen LogP contribution in [0.25, 0.3) is 0 Å². The smallest absolute Gasteiger partial charge is 0.0948 e. The highest BCUT2D eigenvalue weighted by Gasteiger charge is 2.03. The predicted molar refractivity (Wildman–Crippen MR) is 60.5 cm³/mol. The van der Waals surface area contributed by atoms with Gasteiger partial charge >= 0.3 is 0 Å². The Morgan fingerprint density at radius 1 is 1.60 bits per heavy atom. The lowest BCUT2D eigenvalue weighted by atomic mass is 10.2. The van der Waals surface area contributed by atoms with Crippen molar-refractivity contribution in [3.8, 4) is 0 Å². The number of hydrogen-bond acceptors (Lipinski definition) is 3. The average Bonchev–Trinajstić information content (AvgIpc) is 2.70. The van der Waals surface area contributed by atoms with Gasteiger partial charge in [-0.25, -0.2) is 4.98 Å². The van der Waals surface area contributed by atoms with Crippen molar-refractivity contribution in [2.24, 2.45) is 0 Å². The normalized spacial score (nSPS) is 13.0. The summed E-state index contributed by atoms with van der Waals surface area (Å²) in [4.78, 5) is 4.12. The minimum Gasteiger partial charge on any atom is -0.396 e. The molecular weight excluding hydrogens is 190 g/mol. The van der Waals surface area contributed by atoms with Crippen LogP contribution in [0, 0.1) is 0 Å². The van der Waals surface area contributed by atoms with E-state index in [2.05, 4.69) is 28.7 Å². The lowest BCUT2D eigenvalue weighted by Crippen LogP contribution is -2.26. The molecule has 4 heteroatoms. The lowest BCUT2D eigenvalue weighted by molar-refractivity contribution is 0.276. The molecule has 15 heavy (non-hydrogen) atoms. The van der Waals surface area contributed by atoms with Crippen LogP contribution in [0.4, 0.5) is 0 Å². The Bertz CT molecular complexity index is 273. The van der Waals surface area contributed by atoms with Crippen LogP contribution < -0.4 is 5.32 Å². The van der Waals surface area contributed by atoms with E-state index < -0.39 is 0 Å². The molecule has 0 radical (unpaired) electrons. The first-order chi connectivity index (χ1) is 7.27. The summed E-state index contributed by atoms with van der Waals surface area (Å²) >= 11 is 0. The quantitative estimate of drug-likeness (QED) is 0.711. The van der Waals surface area contributed by atoms with E-state index in [0.717, 1.165) is 25.9 Å². The number of nitrogens with zero attached hydrogens (tertiary/aromatic N) is 2. The van der Waals surface area contributed by atoms with Crippen LogP contribution in [-0.2, 0) is 13.1 Å². The van der Waals surface area contributed by atoms with Crippen molar-refractivity contribution in [3.05, 3.63) is 18.2 Å². The number of aromatic nitrogens is 2. The third kappa shape index (κ3) is 4.01. The average molecular weight is 211 g/mol. The number of hydrogen-bond donors (Lipinski definition) is 2. The SMILES string of the molecule is CCn1cncc1CNC(C)CCCO. The molecule has 0 aliphatic rings. The fraction of sp³-hybridized carbons (Fsp3) is 0.727. The zero-order chi connectivity index (χ0) is 11.1. The van der Waals surface area contributed by atoms with E-state index in [9.17, 15) is 0 Å². The van der Waals surface area contributed by atoms with Gasteiger partial charge in [-0.05, 0) is 26.7 Å². The van der Waals surface area contributed by atoms with Gasteiger partial charge in [0.15, 0.2) is 0 Å². The molecule has 0 aromatic carbocycles. The highest BCUT2D eigenvalue weighted by Crippen LogP contribution is 2.01. The van der Waals surface area contributed by atoms with Crippen molar-refractivity contribution >= 4 is 0 Å². The molecule has 1 aromatic heterocycles. The molecule has 1 heterocycles. The van der Waals surface area contributed by atoms with E-state index in [-0.39, 0.29) is 6.61 Å². The molecule has 0 aliphatic heterocycles. The van der Waals surface area contributed by atoms with Crippen LogP contribution in [0.3, 0.4) is 0 Å². The Morgan fingerprint density at radius 2 is 2.40 bits per heavy atom. The second-order valence-corrected chi connectivity index (χ2v) is 3.82. The maximum atomic E-state index is 8.71. The van der Waals surface area contributed by atoms with Crippen molar-refractivity contribution in [3.63, 3.8) is 0 Å². The van der Waals surface area contributed by atoms with Gasteiger partial charge in [-0.1, -0.05) is 0 Å². The maximum absolute atomic E-state index is 8.71. The molecule has 0 aliphatic carbocycles. The second-order valence-electron chi connectivity index (χ2n) is 3.82. The zero-order valence-corrected chi connectivity index (χ0v) is 9.61. The van der Waals surface area contributed by atoms with E-state index >= 15 is 0 Å². The van der Waals surface area contributed by atoms with E-state index in [0.29, 0.717) is 6.04 Å². The first kappa shape index (κ1) is 12.2. The van der Waals surface area contributed by atoms with Crippen LogP contribution in [0.5, 0.6) is 0 Å². The number of aliphatic hydroxyl groups excluding tert-OH is 1. The summed E-state index contributed by atoms with van der Waals surface area (Å²) in [6, 6.07) is 0.442. The fourth-order valence-corrected chi connectivity index (χ4v) is 1.56. The summed E-state index contributed by atoms with van der Waals surface area (Å²) in [5.74, 6) is 0. The van der Waals surface area contributed by atoms with Crippen molar-refractivity contribution in [1.29, 1.82) is 0 Å². The van der Waals surface area contributed by atoms with Crippen molar-refractivity contribution in [2.45, 2.75) is 45.8 Å². The van der Waals surface area contributed by atoms with E-state index in [4.69, 9.17) is 5.11 Å². The predicted octanol–water partition coefficient (Wildman–Crippen LogP) is 1.15. The van der Waals surface area contributed by atoms with E-state index in [1.54, 1.807) is 0 Å². The molecule has 1 unspecified atom stereocenters. The second kappa shape index (κ2) is 6.58. The summed E-state index contributed by atoms with van der Waals surface area (Å²) < 4.78 is 2.13. The van der Waals surface area contributed by atoms with E-state index in [1.165, 1.54) is 5.69 Å². The minimum atomic E-state index is 0.277. The van der Waals surface area contributed by atoms with Crippen molar-refractivity contribution in [1.82, 2.24) is 14.9 Å². The van der Waals surface area contributed by atoms with Crippen molar-refractivity contribution in [2.75, 3.05) is 6.61 Å². The Labute approximate surface area is 91.3 Å². The molecule has 0 spiro atoms. The maximum Gasteiger partial charge on any atom is 0.0948 e. The molecule has 1 atom stereocenters. The van der Waals surface area contributed by atoms with Gasteiger partial charge in [-0.2, -0.15) is 0 Å². The third-order valence-electron chi connectivity index (χ3n) is 2.57. The number of aliphatic hydroxyl groups is 1. The summed E-state index contributed by atoms with van der Waals surface area (Å²) in [5, 5.41) is 12.1. The number of rotatable bonds is 7. The third-order valence-corrected chi connectivity index (χ3v) is 2.57. The molecule has 0 amide bonds. The first-order valence-electron chi connectivity index (χ1n) is 5.61. The molecule has 0 bridgehead atoms. The number of aryl methyl sites for hydroxylation is 1. The van der Waals surface area contributed by atoms with Crippen LogP contribution in [-0.4, -0.2) is 27.3 Å². The van der Waals surface area contributed by atoms with Crippen LogP contribution in [0.1, 0.15) is 32.4 Å². The fourth-order valence-electron chi connectivity index (χ4n) is 1.56. The number of imidazole rings is 1. The molecule has 0 saturated heterocycles. The Hall–Kier alpha value is -0.870. The monoisotopic (exact) mass is 211 g/mol. The highest BCUT2D eigenvalue weighted by molar-refractivity contribution is 4.97. The molecule has 2 N–H and O–H groups in total. The Balaban J connectivity index is 2.30. The molecule has 1 rings (SSSR count). The van der Waals surface area contributed by atoms with Gasteiger partial charge < -0.3 is 15.0 Å². The van der Waals surface area contributed by atoms with Crippen molar-refractivity contribution < 1.29 is 5.11 Å². The minimum absolute atomic E-state index is 0.277. The largest absolute Gasteiger partial charge is 0.396 e. The Morgan fingerprint density at radius 3 is 3.07 bits per heavy atom. The van der Waals surface area contributed by atoms with Crippen LogP contribution in [0.15, 0.2) is 12.5 Å². The summed E-state index contributed by atoms with van der Waals surface area (Å²) in [6.07, 6.45) is 5.63. The van der Waals surface area contributed by atoms with Gasteiger partial charge in [0.25, 0.3) is 0 Å². The summed E-state index contributed by atoms with van der Waals surface area (Å²) in [5.41, 5.74) is 1.22. The van der Waals surface area contributed by atoms with Crippen LogP contribution in [0.2, 0.25) is 0 Å². The van der Waals surface area contributed by atoms with Gasteiger partial charge in [-0.3, -0.25) is 0 Å². The van der Waals surface area contributed by atoms with Gasteiger partial charge in [0.2, 0.25) is 0 Å². The van der Waals surface area contributed by atoms with E-state index in [1.807, 2.05) is 12.5 Å². The molecule has 0 fully saturated rings. The summed E-state index contributed by atoms with van der Waals surface area (Å²) in [6.45, 7) is 6.34. The molecule has 86 valence electrons. The standard InChI is InChI=1S/C11H21N3O/c1-3-14-9-12-7-11(14)8-13-10(2)5-4-6-15/h7,9-10,13,15H,3-6,8H2,1-2H3. The van der Waals surface area contributed by atoms with Gasteiger partial charge in [-0.15, -0.1) is 0 Å². The Kier molecular flexibility index (Phi) is 5.36.